The maximum atomic E-state index is 12.3. The number of nitrogens with one attached hydrogen (secondary N) is 2. The first-order valence-electron chi connectivity index (χ1n) is 11.6. The zero-order valence-corrected chi connectivity index (χ0v) is 24.2. The van der Waals surface area contributed by atoms with Crippen molar-refractivity contribution >= 4 is 56.6 Å². The van der Waals surface area contributed by atoms with E-state index in [0.29, 0.717) is 13.0 Å². The molecule has 2 N–H and O–H groups in total. The summed E-state index contributed by atoms with van der Waals surface area (Å²) in [6.45, 7) is 8.48. The standard InChI is InChI=1S/C27H30N4O3S.Na/c1-5-25-29-26-20(4)19(3)8-15-24(26)31(25)22-11-9-21(10-12-22)16-17-28-27(32)30-35(33,34)23-13-6-18(2)7-14-23;/h6-15H,5,16-17H2,1-4H3,(H2,28,30,32);. The molecule has 0 fully saturated rings. The number of fused-ring (bicyclic) bond motifs is 1. The van der Waals surface area contributed by atoms with Crippen LogP contribution in [0.1, 0.15) is 35.0 Å². The molecule has 1 radical (unpaired) electrons. The largest absolute Gasteiger partial charge is 0.337 e. The van der Waals surface area contributed by atoms with E-state index in [0.717, 1.165) is 40.1 Å². The summed E-state index contributed by atoms with van der Waals surface area (Å²) in [5.74, 6) is 1.01. The maximum absolute atomic E-state index is 12.3. The third-order valence-corrected chi connectivity index (χ3v) is 7.54. The van der Waals surface area contributed by atoms with E-state index in [1.165, 1.54) is 23.3 Å². The van der Waals surface area contributed by atoms with Gasteiger partial charge < -0.3 is 5.32 Å². The second-order valence-electron chi connectivity index (χ2n) is 8.68. The van der Waals surface area contributed by atoms with E-state index in [-0.39, 0.29) is 34.5 Å². The zero-order chi connectivity index (χ0) is 25.2. The van der Waals surface area contributed by atoms with Gasteiger partial charge >= 0.3 is 6.03 Å². The summed E-state index contributed by atoms with van der Waals surface area (Å²) in [5.41, 5.74) is 7.55. The summed E-state index contributed by atoms with van der Waals surface area (Å²) in [6.07, 6.45) is 1.39. The summed E-state index contributed by atoms with van der Waals surface area (Å²) >= 11 is 0. The number of sulfonamides is 1. The smallest absolute Gasteiger partial charge is 0.328 e. The van der Waals surface area contributed by atoms with E-state index < -0.39 is 16.1 Å². The number of aromatic nitrogens is 2. The maximum Gasteiger partial charge on any atom is 0.328 e. The Morgan fingerprint density at radius 2 is 1.61 bits per heavy atom. The van der Waals surface area contributed by atoms with Gasteiger partial charge in [-0.2, -0.15) is 0 Å². The number of hydrogen-bond acceptors (Lipinski definition) is 4. The molecule has 0 unspecified atom stereocenters. The van der Waals surface area contributed by atoms with Crippen molar-refractivity contribution in [2.75, 3.05) is 6.54 Å². The first kappa shape index (κ1) is 27.9. The minimum absolute atomic E-state index is 0. The molecule has 3 aromatic carbocycles. The van der Waals surface area contributed by atoms with Gasteiger partial charge in [-0.05, 0) is 74.2 Å². The quantitative estimate of drug-likeness (QED) is 0.359. The molecule has 0 spiro atoms. The first-order valence-corrected chi connectivity index (χ1v) is 13.1. The fourth-order valence-corrected chi connectivity index (χ4v) is 4.95. The molecule has 0 atom stereocenters. The number of aryl methyl sites for hydroxylation is 4. The van der Waals surface area contributed by atoms with Gasteiger partial charge in [0.25, 0.3) is 10.0 Å². The van der Waals surface area contributed by atoms with Crippen molar-refractivity contribution in [2.45, 2.75) is 45.4 Å². The molecule has 7 nitrogen and oxygen atoms in total. The summed E-state index contributed by atoms with van der Waals surface area (Å²) in [5, 5.41) is 2.62. The van der Waals surface area contributed by atoms with E-state index >= 15 is 0 Å². The van der Waals surface area contributed by atoms with Crippen LogP contribution in [0.3, 0.4) is 0 Å². The number of imidazole rings is 1. The van der Waals surface area contributed by atoms with Gasteiger partial charge in [0, 0.05) is 48.2 Å². The third-order valence-electron chi connectivity index (χ3n) is 6.19. The van der Waals surface area contributed by atoms with E-state index in [2.05, 4.69) is 47.5 Å². The molecular weight excluding hydrogens is 483 g/mol. The summed E-state index contributed by atoms with van der Waals surface area (Å²) in [6, 6.07) is 18.0. The van der Waals surface area contributed by atoms with E-state index in [1.54, 1.807) is 12.1 Å². The number of rotatable bonds is 7. The van der Waals surface area contributed by atoms with Crippen LogP contribution in [0.5, 0.6) is 0 Å². The summed E-state index contributed by atoms with van der Waals surface area (Å²) in [7, 11) is -3.90. The number of amides is 2. The Kier molecular flexibility index (Phi) is 9.00. The molecule has 2 amide bonds. The fraction of sp³-hybridized carbons (Fsp3) is 0.259. The number of hydrogen-bond donors (Lipinski definition) is 2. The van der Waals surface area contributed by atoms with E-state index in [9.17, 15) is 13.2 Å². The Balaban J connectivity index is 0.00000361. The van der Waals surface area contributed by atoms with Crippen LogP contribution in [0.25, 0.3) is 16.7 Å². The molecule has 0 saturated heterocycles. The van der Waals surface area contributed by atoms with Gasteiger partial charge in [-0.15, -0.1) is 0 Å². The van der Waals surface area contributed by atoms with Crippen LogP contribution >= 0.6 is 0 Å². The van der Waals surface area contributed by atoms with Crippen molar-refractivity contribution in [3.05, 3.63) is 88.7 Å². The number of urea groups is 1. The van der Waals surface area contributed by atoms with E-state index in [1.807, 2.05) is 31.2 Å². The van der Waals surface area contributed by atoms with Gasteiger partial charge in [-0.25, -0.2) is 22.9 Å². The van der Waals surface area contributed by atoms with Gasteiger partial charge in [0.1, 0.15) is 5.82 Å². The molecule has 0 saturated carbocycles. The Hall–Kier alpha value is -2.65. The van der Waals surface area contributed by atoms with Gasteiger partial charge in [0.05, 0.1) is 15.9 Å². The second-order valence-corrected chi connectivity index (χ2v) is 10.4. The van der Waals surface area contributed by atoms with Crippen LogP contribution < -0.4 is 10.0 Å². The van der Waals surface area contributed by atoms with Gasteiger partial charge in [-0.3, -0.25) is 4.57 Å². The van der Waals surface area contributed by atoms with Crippen LogP contribution in [0.4, 0.5) is 4.79 Å². The van der Waals surface area contributed by atoms with Crippen LogP contribution in [-0.4, -0.2) is 60.1 Å². The summed E-state index contributed by atoms with van der Waals surface area (Å²) in [4.78, 5) is 17.1. The van der Waals surface area contributed by atoms with Gasteiger partial charge in [0.2, 0.25) is 0 Å². The van der Waals surface area contributed by atoms with Crippen LogP contribution in [0.2, 0.25) is 0 Å². The van der Waals surface area contributed by atoms with Crippen molar-refractivity contribution in [3.63, 3.8) is 0 Å². The molecule has 1 heterocycles. The molecule has 0 bridgehead atoms. The molecule has 4 rings (SSSR count). The Labute approximate surface area is 234 Å². The monoisotopic (exact) mass is 513 g/mol. The van der Waals surface area contributed by atoms with Crippen molar-refractivity contribution < 1.29 is 13.2 Å². The number of benzene rings is 3. The molecule has 0 aliphatic carbocycles. The number of carbonyl (C=O) groups excluding carboxylic acids is 1. The minimum atomic E-state index is -3.90. The van der Waals surface area contributed by atoms with Crippen molar-refractivity contribution in [1.82, 2.24) is 19.6 Å². The minimum Gasteiger partial charge on any atom is -0.337 e. The van der Waals surface area contributed by atoms with Gasteiger partial charge in [-0.1, -0.05) is 42.8 Å². The fourth-order valence-electron chi connectivity index (χ4n) is 4.02. The van der Waals surface area contributed by atoms with E-state index in [4.69, 9.17) is 4.98 Å². The molecule has 1 aromatic heterocycles. The van der Waals surface area contributed by atoms with Crippen LogP contribution in [-0.2, 0) is 22.9 Å². The second kappa shape index (κ2) is 11.6. The van der Waals surface area contributed by atoms with Gasteiger partial charge in [0.15, 0.2) is 0 Å². The molecular formula is C27H30N4NaO3S. The average molecular weight is 514 g/mol. The topological polar surface area (TPSA) is 93.1 Å². The zero-order valence-electron chi connectivity index (χ0n) is 21.4. The SMILES string of the molecule is CCc1nc2c(C)c(C)ccc2n1-c1ccc(CCNC(=O)NS(=O)(=O)c2ccc(C)cc2)cc1.[Na]. The summed E-state index contributed by atoms with van der Waals surface area (Å²) < 4.78 is 28.9. The third kappa shape index (κ3) is 6.00. The van der Waals surface area contributed by atoms with Crippen LogP contribution in [0, 0.1) is 20.8 Å². The molecule has 36 heavy (non-hydrogen) atoms. The van der Waals surface area contributed by atoms with Crippen LogP contribution in [0.15, 0.2) is 65.6 Å². The predicted octanol–water partition coefficient (Wildman–Crippen LogP) is 4.36. The van der Waals surface area contributed by atoms with Crippen molar-refractivity contribution in [3.8, 4) is 5.69 Å². The normalized spacial score (nSPS) is 11.2. The Bertz CT molecular complexity index is 1480. The molecule has 0 aliphatic heterocycles. The average Bonchev–Trinajstić information content (AvgIpc) is 3.21. The van der Waals surface area contributed by atoms with Crippen molar-refractivity contribution in [2.24, 2.45) is 0 Å². The Morgan fingerprint density at radius 1 is 0.944 bits per heavy atom. The molecule has 9 heteroatoms. The Morgan fingerprint density at radius 3 is 2.25 bits per heavy atom. The molecule has 4 aromatic rings. The number of carbonyl (C=O) groups is 1. The first-order chi connectivity index (χ1) is 16.7. The number of nitrogens with zero attached hydrogens (tertiary/aromatic N) is 2. The molecule has 0 aliphatic rings. The molecule has 183 valence electrons. The van der Waals surface area contributed by atoms with Crippen molar-refractivity contribution in [1.29, 1.82) is 0 Å². The predicted molar refractivity (Wildman–Crippen MR) is 144 cm³/mol.